The second kappa shape index (κ2) is 6.02. The number of hydrogen-bond acceptors (Lipinski definition) is 5. The van der Waals surface area contributed by atoms with Crippen molar-refractivity contribution in [1.82, 2.24) is 4.98 Å². The lowest BCUT2D eigenvalue weighted by Gasteiger charge is -2.21. The van der Waals surface area contributed by atoms with Crippen molar-refractivity contribution in [2.45, 2.75) is 56.5 Å². The molecule has 0 aromatic carbocycles. The fourth-order valence-electron chi connectivity index (χ4n) is 2.50. The molecule has 6 heteroatoms. The maximum Gasteiger partial charge on any atom is 0.159 e. The van der Waals surface area contributed by atoms with E-state index in [1.165, 1.54) is 11.3 Å². The molecular formula is C13H18N2O2S2. The first-order valence-electron chi connectivity index (χ1n) is 6.56. The number of hydrogen-bond donors (Lipinski definition) is 0. The topological polar surface area (TPSA) is 70.8 Å². The van der Waals surface area contributed by atoms with Gasteiger partial charge in [0.2, 0.25) is 0 Å². The number of sulfone groups is 1. The smallest absolute Gasteiger partial charge is 0.159 e. The largest absolute Gasteiger partial charge is 0.245 e. The second-order valence-electron chi connectivity index (χ2n) is 5.02. The molecule has 0 N–H and O–H groups in total. The number of nitriles is 1. The molecule has 2 rings (SSSR count). The van der Waals surface area contributed by atoms with Gasteiger partial charge in [0.05, 0.1) is 23.4 Å². The maximum atomic E-state index is 12.3. The van der Waals surface area contributed by atoms with Gasteiger partial charge in [-0.15, -0.1) is 11.3 Å². The van der Waals surface area contributed by atoms with Crippen molar-refractivity contribution in [1.29, 1.82) is 5.26 Å². The summed E-state index contributed by atoms with van der Waals surface area (Å²) in [6.07, 6.45) is 5.07. The molecule has 0 atom stereocenters. The highest BCUT2D eigenvalue weighted by Crippen LogP contribution is 2.28. The first-order chi connectivity index (χ1) is 9.03. The van der Waals surface area contributed by atoms with Crippen molar-refractivity contribution < 1.29 is 8.42 Å². The summed E-state index contributed by atoms with van der Waals surface area (Å²) in [4.78, 5) is 5.18. The molecule has 19 heavy (non-hydrogen) atoms. The summed E-state index contributed by atoms with van der Waals surface area (Å²) in [6.45, 7) is 1.83. The average Bonchev–Trinajstić information content (AvgIpc) is 2.70. The lowest BCUT2D eigenvalue weighted by molar-refractivity contribution is 0.483. The van der Waals surface area contributed by atoms with Gasteiger partial charge in [-0.1, -0.05) is 19.3 Å². The van der Waals surface area contributed by atoms with E-state index in [0.29, 0.717) is 11.4 Å². The van der Waals surface area contributed by atoms with E-state index in [-0.39, 0.29) is 11.0 Å². The molecule has 1 aromatic heterocycles. The third-order valence-corrected chi connectivity index (χ3v) is 7.06. The minimum atomic E-state index is -3.09. The number of thiazole rings is 1. The highest BCUT2D eigenvalue weighted by atomic mass is 32.2. The quantitative estimate of drug-likeness (QED) is 0.857. The first-order valence-corrected chi connectivity index (χ1v) is 9.10. The third kappa shape index (κ3) is 3.54. The molecular weight excluding hydrogens is 280 g/mol. The summed E-state index contributed by atoms with van der Waals surface area (Å²) in [5.74, 6) is 0.0363. The van der Waals surface area contributed by atoms with Crippen LogP contribution in [0, 0.1) is 18.3 Å². The molecule has 0 amide bonds. The molecule has 0 radical (unpaired) electrons. The summed E-state index contributed by atoms with van der Waals surface area (Å²) < 4.78 is 24.7. The molecule has 1 aliphatic carbocycles. The van der Waals surface area contributed by atoms with Gasteiger partial charge in [0.25, 0.3) is 0 Å². The van der Waals surface area contributed by atoms with E-state index >= 15 is 0 Å². The van der Waals surface area contributed by atoms with Crippen LogP contribution in [0.2, 0.25) is 0 Å². The predicted octanol–water partition coefficient (Wildman–Crippen LogP) is 2.77. The Morgan fingerprint density at radius 2 is 2.05 bits per heavy atom. The molecule has 1 aromatic rings. The Bertz CT molecular complexity index is 578. The van der Waals surface area contributed by atoms with Gasteiger partial charge in [-0.3, -0.25) is 0 Å². The van der Waals surface area contributed by atoms with Crippen LogP contribution >= 0.6 is 11.3 Å². The molecule has 1 aliphatic rings. The van der Waals surface area contributed by atoms with Crippen molar-refractivity contribution in [3.8, 4) is 6.07 Å². The molecule has 0 unspecified atom stereocenters. The minimum Gasteiger partial charge on any atom is -0.245 e. The molecule has 0 bridgehead atoms. The Labute approximate surface area is 118 Å². The van der Waals surface area contributed by atoms with Crippen LogP contribution in [0.25, 0.3) is 0 Å². The number of nitrogens with zero attached hydrogens (tertiary/aromatic N) is 2. The standard InChI is InChI=1S/C13H18N2O2S2/c1-10-12(7-8-14)18-13(15-10)9-19(16,17)11-5-3-2-4-6-11/h11H,2-7,9H2,1H3. The van der Waals surface area contributed by atoms with Crippen molar-refractivity contribution >= 4 is 21.2 Å². The predicted molar refractivity (Wildman–Crippen MR) is 75.7 cm³/mol. The fraction of sp³-hybridized carbons (Fsp3) is 0.692. The number of aromatic nitrogens is 1. The van der Waals surface area contributed by atoms with Crippen LogP contribution in [0.4, 0.5) is 0 Å². The Kier molecular flexibility index (Phi) is 4.58. The molecule has 0 aliphatic heterocycles. The zero-order valence-electron chi connectivity index (χ0n) is 11.1. The molecule has 1 heterocycles. The Hall–Kier alpha value is -0.930. The van der Waals surface area contributed by atoms with Gasteiger partial charge in [0.15, 0.2) is 9.84 Å². The van der Waals surface area contributed by atoms with Gasteiger partial charge in [-0.2, -0.15) is 5.26 Å². The highest BCUT2D eigenvalue weighted by molar-refractivity contribution is 7.91. The zero-order chi connectivity index (χ0) is 13.9. The van der Waals surface area contributed by atoms with Gasteiger partial charge >= 0.3 is 0 Å². The van der Waals surface area contributed by atoms with E-state index < -0.39 is 9.84 Å². The summed E-state index contributed by atoms with van der Waals surface area (Å²) >= 11 is 1.36. The first kappa shape index (κ1) is 14.5. The third-order valence-electron chi connectivity index (χ3n) is 3.56. The van der Waals surface area contributed by atoms with E-state index in [1.54, 1.807) is 0 Å². The van der Waals surface area contributed by atoms with Crippen LogP contribution in [0.15, 0.2) is 0 Å². The van der Waals surface area contributed by atoms with Crippen LogP contribution in [-0.4, -0.2) is 18.7 Å². The van der Waals surface area contributed by atoms with Gasteiger partial charge in [-0.05, 0) is 19.8 Å². The van der Waals surface area contributed by atoms with Crippen LogP contribution < -0.4 is 0 Å². The van der Waals surface area contributed by atoms with Crippen LogP contribution in [0.5, 0.6) is 0 Å². The monoisotopic (exact) mass is 298 g/mol. The Morgan fingerprint density at radius 3 is 2.68 bits per heavy atom. The van der Waals surface area contributed by atoms with Crippen LogP contribution in [0.1, 0.15) is 47.7 Å². The highest BCUT2D eigenvalue weighted by Gasteiger charge is 2.28. The average molecular weight is 298 g/mol. The number of rotatable bonds is 4. The molecule has 1 fully saturated rings. The molecule has 1 saturated carbocycles. The lowest BCUT2D eigenvalue weighted by atomic mass is 10.0. The minimum absolute atomic E-state index is 0.0363. The normalized spacial score (nSPS) is 17.3. The van der Waals surface area contributed by atoms with Crippen molar-refractivity contribution in [2.24, 2.45) is 0 Å². The van der Waals surface area contributed by atoms with E-state index in [4.69, 9.17) is 5.26 Å². The van der Waals surface area contributed by atoms with Gasteiger partial charge < -0.3 is 0 Å². The zero-order valence-corrected chi connectivity index (χ0v) is 12.7. The molecule has 4 nitrogen and oxygen atoms in total. The van der Waals surface area contributed by atoms with Crippen LogP contribution in [0.3, 0.4) is 0 Å². The maximum absolute atomic E-state index is 12.3. The lowest BCUT2D eigenvalue weighted by Crippen LogP contribution is -2.25. The van der Waals surface area contributed by atoms with E-state index in [2.05, 4.69) is 11.1 Å². The van der Waals surface area contributed by atoms with Gasteiger partial charge in [0, 0.05) is 4.88 Å². The second-order valence-corrected chi connectivity index (χ2v) is 8.47. The SMILES string of the molecule is Cc1nc(CS(=O)(=O)C2CCCCC2)sc1CC#N. The van der Waals surface area contributed by atoms with Crippen molar-refractivity contribution in [3.05, 3.63) is 15.6 Å². The van der Waals surface area contributed by atoms with Gasteiger partial charge in [-0.25, -0.2) is 13.4 Å². The fourth-order valence-corrected chi connectivity index (χ4v) is 5.72. The van der Waals surface area contributed by atoms with Gasteiger partial charge in [0.1, 0.15) is 10.8 Å². The summed E-state index contributed by atoms with van der Waals surface area (Å²) in [5.41, 5.74) is 0.792. The van der Waals surface area contributed by atoms with E-state index in [1.807, 2.05) is 6.92 Å². The Morgan fingerprint density at radius 1 is 1.37 bits per heavy atom. The molecule has 0 saturated heterocycles. The summed E-state index contributed by atoms with van der Waals surface area (Å²) in [7, 11) is -3.09. The van der Waals surface area contributed by atoms with Crippen molar-refractivity contribution in [3.63, 3.8) is 0 Å². The molecule has 0 spiro atoms. The van der Waals surface area contributed by atoms with Crippen molar-refractivity contribution in [2.75, 3.05) is 0 Å². The summed E-state index contributed by atoms with van der Waals surface area (Å²) in [6, 6.07) is 2.09. The number of aryl methyl sites for hydroxylation is 1. The Balaban J connectivity index is 2.11. The summed E-state index contributed by atoms with van der Waals surface area (Å²) in [5, 5.41) is 9.14. The van der Waals surface area contributed by atoms with Crippen LogP contribution in [-0.2, 0) is 22.0 Å². The van der Waals surface area contributed by atoms with E-state index in [0.717, 1.165) is 42.7 Å². The molecule has 104 valence electrons. The van der Waals surface area contributed by atoms with E-state index in [9.17, 15) is 8.42 Å².